The van der Waals surface area contributed by atoms with Crippen LogP contribution in [0.15, 0.2) is 53.1 Å². The van der Waals surface area contributed by atoms with Crippen molar-refractivity contribution in [2.24, 2.45) is 4.99 Å². The second-order valence-electron chi connectivity index (χ2n) is 9.86. The summed E-state index contributed by atoms with van der Waals surface area (Å²) in [6, 6.07) is 8.46. The zero-order valence-electron chi connectivity index (χ0n) is 23.0. The largest absolute Gasteiger partial charge is 0.481 e. The minimum Gasteiger partial charge on any atom is -0.481 e. The molecule has 0 radical (unpaired) electrons. The van der Waals surface area contributed by atoms with Crippen LogP contribution in [-0.4, -0.2) is 91.3 Å². The zero-order valence-corrected chi connectivity index (χ0v) is 23.0. The van der Waals surface area contributed by atoms with E-state index in [9.17, 15) is 14.7 Å². The van der Waals surface area contributed by atoms with Crippen LogP contribution in [-0.2, 0) is 27.3 Å². The van der Waals surface area contributed by atoms with E-state index in [1.54, 1.807) is 19.1 Å². The molecule has 3 rings (SSSR count). The molecule has 3 N–H and O–H groups in total. The third-order valence-electron chi connectivity index (χ3n) is 6.77. The van der Waals surface area contributed by atoms with Crippen molar-refractivity contribution in [2.75, 3.05) is 46.4 Å². The number of β-amino-alcohol motifs (C(OH)–C–C–N with tert-alkyl or cyclic N) is 1. The number of methoxy groups -OCH3 is 1. The molecule has 1 aromatic rings. The Balaban J connectivity index is 1.46. The molecule has 0 spiro atoms. The molecule has 2 heterocycles. The summed E-state index contributed by atoms with van der Waals surface area (Å²) in [7, 11) is 1.52. The summed E-state index contributed by atoms with van der Waals surface area (Å²) < 4.78 is 5.36. The van der Waals surface area contributed by atoms with Crippen LogP contribution in [0.5, 0.6) is 0 Å². The number of hydrogen-bond donors (Lipinski definition) is 3. The summed E-state index contributed by atoms with van der Waals surface area (Å²) in [6.45, 7) is 8.15. The number of hydrogen-bond acceptors (Lipinski definition) is 7. The standard InChI is InChI=1S/C29H43N5O4/c1-4-15-34(22(2)35)17-8-14-30-27-13-12-24(18-28(32-27)38-3)29(37)31-19-26(36)21-33-16-7-11-23-9-5-6-10-25(23)20-33/h5-6,9-10,12-13,18,26-27,30,36H,4,7-8,11,14-17,19-21H2,1-3H3,(H,31,37)/t26-,27?/m0/s1. The lowest BCUT2D eigenvalue weighted by atomic mass is 10.0. The third kappa shape index (κ3) is 9.38. The van der Waals surface area contributed by atoms with Crippen LogP contribution in [0.3, 0.4) is 0 Å². The molecule has 2 atom stereocenters. The number of ether oxygens (including phenoxy) is 1. The number of aliphatic hydroxyl groups excluding tert-OH is 1. The molecular weight excluding hydrogens is 482 g/mol. The molecule has 38 heavy (non-hydrogen) atoms. The summed E-state index contributed by atoms with van der Waals surface area (Å²) >= 11 is 0. The normalized spacial score (nSPS) is 18.4. The highest BCUT2D eigenvalue weighted by Crippen LogP contribution is 2.18. The zero-order chi connectivity index (χ0) is 27.3. The van der Waals surface area contributed by atoms with Crippen molar-refractivity contribution < 1.29 is 19.4 Å². The van der Waals surface area contributed by atoms with Crippen molar-refractivity contribution in [3.05, 3.63) is 59.2 Å². The van der Waals surface area contributed by atoms with Crippen molar-refractivity contribution in [2.45, 2.75) is 58.3 Å². The summed E-state index contributed by atoms with van der Waals surface area (Å²) in [5.74, 6) is 0.143. The Bertz CT molecular complexity index is 1020. The van der Waals surface area contributed by atoms with Gasteiger partial charge in [-0.05, 0) is 62.1 Å². The first-order valence-electron chi connectivity index (χ1n) is 13.7. The van der Waals surface area contributed by atoms with E-state index in [1.807, 2.05) is 11.0 Å². The Morgan fingerprint density at radius 2 is 2.05 bits per heavy atom. The minimum atomic E-state index is -0.674. The number of nitrogens with one attached hydrogen (secondary N) is 2. The third-order valence-corrected chi connectivity index (χ3v) is 6.77. The van der Waals surface area contributed by atoms with Gasteiger partial charge in [0.25, 0.3) is 5.91 Å². The maximum absolute atomic E-state index is 12.9. The van der Waals surface area contributed by atoms with Gasteiger partial charge in [0, 0.05) is 51.3 Å². The van der Waals surface area contributed by atoms with Gasteiger partial charge >= 0.3 is 0 Å². The number of amides is 2. The van der Waals surface area contributed by atoms with E-state index in [0.717, 1.165) is 45.3 Å². The first kappa shape index (κ1) is 29.5. The van der Waals surface area contributed by atoms with E-state index in [2.05, 4.69) is 51.7 Å². The maximum atomic E-state index is 12.9. The van der Waals surface area contributed by atoms with Gasteiger partial charge in [-0.25, -0.2) is 4.99 Å². The Morgan fingerprint density at radius 1 is 1.26 bits per heavy atom. The van der Waals surface area contributed by atoms with Gasteiger partial charge in [0.1, 0.15) is 6.17 Å². The molecular formula is C29H43N5O4. The summed E-state index contributed by atoms with van der Waals surface area (Å²) in [4.78, 5) is 33.2. The number of benzene rings is 1. The van der Waals surface area contributed by atoms with Crippen LogP contribution >= 0.6 is 0 Å². The number of aliphatic imine (C=N–C) groups is 1. The van der Waals surface area contributed by atoms with Crippen molar-refractivity contribution >= 4 is 17.7 Å². The van der Waals surface area contributed by atoms with Crippen molar-refractivity contribution in [1.82, 2.24) is 20.4 Å². The topological polar surface area (TPSA) is 106 Å². The van der Waals surface area contributed by atoms with Crippen molar-refractivity contribution in [3.8, 4) is 0 Å². The summed E-state index contributed by atoms with van der Waals surface area (Å²) in [6.07, 6.45) is 7.95. The lowest BCUT2D eigenvalue weighted by molar-refractivity contribution is -0.129. The van der Waals surface area contributed by atoms with E-state index in [1.165, 1.54) is 18.2 Å². The van der Waals surface area contributed by atoms with E-state index in [-0.39, 0.29) is 24.5 Å². The highest BCUT2D eigenvalue weighted by Gasteiger charge is 2.19. The minimum absolute atomic E-state index is 0.0858. The second kappa shape index (κ2) is 15.4. The number of fused-ring (bicyclic) bond motifs is 1. The number of carbonyl (C=O) groups excluding carboxylic acids is 2. The predicted molar refractivity (Wildman–Crippen MR) is 150 cm³/mol. The smallest absolute Gasteiger partial charge is 0.251 e. The molecule has 1 unspecified atom stereocenters. The molecule has 0 fully saturated rings. The average Bonchev–Trinajstić information content (AvgIpc) is 3.24. The van der Waals surface area contributed by atoms with Gasteiger partial charge in [0.2, 0.25) is 11.8 Å². The van der Waals surface area contributed by atoms with Crippen LogP contribution in [0.4, 0.5) is 0 Å². The first-order chi connectivity index (χ1) is 18.4. The lowest BCUT2D eigenvalue weighted by Gasteiger charge is -2.24. The molecule has 9 nitrogen and oxygen atoms in total. The quantitative estimate of drug-likeness (QED) is 0.361. The van der Waals surface area contributed by atoms with Crippen LogP contribution in [0.2, 0.25) is 0 Å². The highest BCUT2D eigenvalue weighted by molar-refractivity contribution is 6.03. The fourth-order valence-corrected chi connectivity index (χ4v) is 4.78. The average molecular weight is 526 g/mol. The molecule has 2 aliphatic rings. The van der Waals surface area contributed by atoms with Crippen molar-refractivity contribution in [3.63, 3.8) is 0 Å². The van der Waals surface area contributed by atoms with E-state index >= 15 is 0 Å². The molecule has 0 bridgehead atoms. The number of carbonyl (C=O) groups is 2. The maximum Gasteiger partial charge on any atom is 0.251 e. The molecule has 0 saturated heterocycles. The number of rotatable bonds is 12. The molecule has 1 aromatic carbocycles. The fourth-order valence-electron chi connectivity index (χ4n) is 4.78. The van der Waals surface area contributed by atoms with Crippen LogP contribution in [0, 0.1) is 0 Å². The van der Waals surface area contributed by atoms with E-state index < -0.39 is 6.10 Å². The number of aliphatic hydroxyl groups is 1. The van der Waals surface area contributed by atoms with Crippen molar-refractivity contribution in [1.29, 1.82) is 0 Å². The van der Waals surface area contributed by atoms with Crippen LogP contribution in [0.1, 0.15) is 44.2 Å². The molecule has 208 valence electrons. The Hall–Kier alpha value is -3.01. The first-order valence-corrected chi connectivity index (χ1v) is 13.7. The number of nitrogens with zero attached hydrogens (tertiary/aromatic N) is 3. The van der Waals surface area contributed by atoms with Gasteiger partial charge in [-0.1, -0.05) is 31.2 Å². The molecule has 2 amide bonds. The van der Waals surface area contributed by atoms with Crippen LogP contribution < -0.4 is 10.6 Å². The Labute approximate surface area is 226 Å². The van der Waals surface area contributed by atoms with Gasteiger partial charge in [0.15, 0.2) is 0 Å². The highest BCUT2D eigenvalue weighted by atomic mass is 16.5. The Morgan fingerprint density at radius 3 is 2.79 bits per heavy atom. The van der Waals surface area contributed by atoms with Gasteiger partial charge in [-0.2, -0.15) is 0 Å². The monoisotopic (exact) mass is 525 g/mol. The van der Waals surface area contributed by atoms with Gasteiger partial charge in [0.05, 0.1) is 13.2 Å². The summed E-state index contributed by atoms with van der Waals surface area (Å²) in [5.41, 5.74) is 3.10. The number of aryl methyl sites for hydroxylation is 1. The fraction of sp³-hybridized carbons (Fsp3) is 0.552. The molecule has 0 aliphatic carbocycles. The lowest BCUT2D eigenvalue weighted by Crippen LogP contribution is -2.40. The van der Waals surface area contributed by atoms with Gasteiger partial charge < -0.3 is 20.1 Å². The van der Waals surface area contributed by atoms with E-state index in [4.69, 9.17) is 4.74 Å². The molecule has 0 saturated carbocycles. The van der Waals surface area contributed by atoms with Gasteiger partial charge in [-0.15, -0.1) is 0 Å². The SMILES string of the molecule is CCCN(CCCNC1C=CC(C(=O)NC[C@H](O)CN2CCCc3ccccc3C2)=CC(OC)=N1)C(C)=O. The molecule has 9 heteroatoms. The molecule has 2 aliphatic heterocycles. The van der Waals surface area contributed by atoms with E-state index in [0.29, 0.717) is 31.1 Å². The van der Waals surface area contributed by atoms with Crippen LogP contribution in [0.25, 0.3) is 0 Å². The second-order valence-corrected chi connectivity index (χ2v) is 9.86. The Kier molecular flexibility index (Phi) is 12.0. The van der Waals surface area contributed by atoms with Gasteiger partial charge in [-0.3, -0.25) is 19.8 Å². The predicted octanol–water partition coefficient (Wildman–Crippen LogP) is 2.02. The summed E-state index contributed by atoms with van der Waals surface area (Å²) in [5, 5.41) is 16.8. The molecule has 0 aromatic heterocycles.